The predicted octanol–water partition coefficient (Wildman–Crippen LogP) is 3.27. The first-order chi connectivity index (χ1) is 8.20. The van der Waals surface area contributed by atoms with Crippen LogP contribution in [0.3, 0.4) is 0 Å². The summed E-state index contributed by atoms with van der Waals surface area (Å²) in [7, 11) is 1.43. The van der Waals surface area contributed by atoms with Gasteiger partial charge in [-0.15, -0.1) is 0 Å². The van der Waals surface area contributed by atoms with Crippen molar-refractivity contribution in [3.8, 4) is 0 Å². The lowest BCUT2D eigenvalue weighted by atomic mass is 10.1. The average Bonchev–Trinajstić information content (AvgIpc) is 2.72. The van der Waals surface area contributed by atoms with Crippen molar-refractivity contribution in [3.05, 3.63) is 33.5 Å². The lowest BCUT2D eigenvalue weighted by molar-refractivity contribution is -0.140. The Hall–Kier alpha value is -1.04. The third kappa shape index (κ3) is 3.00. The number of halogens is 1. The van der Waals surface area contributed by atoms with Crippen molar-refractivity contribution in [2.45, 2.75) is 19.3 Å². The first-order valence-corrected chi connectivity index (χ1v) is 6.61. The second-order valence-electron chi connectivity index (χ2n) is 3.93. The van der Waals surface area contributed by atoms with Crippen LogP contribution in [0.1, 0.15) is 18.4 Å². The Morgan fingerprint density at radius 2 is 2.29 bits per heavy atom. The molecule has 90 valence electrons. The number of benzene rings is 1. The maximum absolute atomic E-state index is 11.0. The Balaban J connectivity index is 2.08. The molecule has 1 heterocycles. The van der Waals surface area contributed by atoms with E-state index in [0.717, 1.165) is 18.4 Å². The number of H-pyrrole nitrogens is 1. The molecular weight excluding hydrogens is 329 g/mol. The number of nitrogens with one attached hydrogen (secondary N) is 1. The monoisotopic (exact) mass is 343 g/mol. The van der Waals surface area contributed by atoms with Crippen LogP contribution in [-0.2, 0) is 16.0 Å². The summed E-state index contributed by atoms with van der Waals surface area (Å²) in [6.45, 7) is 0. The molecule has 2 rings (SSSR count). The Labute approximate surface area is 114 Å². The van der Waals surface area contributed by atoms with Crippen LogP contribution in [0.5, 0.6) is 0 Å². The van der Waals surface area contributed by atoms with Crippen molar-refractivity contribution >= 4 is 39.5 Å². The maximum Gasteiger partial charge on any atom is 0.305 e. The molecule has 1 aromatic carbocycles. The molecule has 0 aliphatic rings. The highest BCUT2D eigenvalue weighted by Crippen LogP contribution is 2.22. The third-order valence-electron chi connectivity index (χ3n) is 2.78. The molecule has 0 atom stereocenters. The van der Waals surface area contributed by atoms with Crippen molar-refractivity contribution in [1.82, 2.24) is 4.98 Å². The Kier molecular flexibility index (Phi) is 4.04. The minimum atomic E-state index is -0.139. The number of hydrogen-bond acceptors (Lipinski definition) is 2. The molecule has 0 amide bonds. The van der Waals surface area contributed by atoms with Gasteiger partial charge in [0.05, 0.1) is 7.11 Å². The number of hydrogen-bond donors (Lipinski definition) is 1. The zero-order valence-electron chi connectivity index (χ0n) is 9.63. The van der Waals surface area contributed by atoms with Crippen molar-refractivity contribution in [3.63, 3.8) is 0 Å². The van der Waals surface area contributed by atoms with E-state index in [1.807, 2.05) is 6.20 Å². The number of fused-ring (bicyclic) bond motifs is 1. The van der Waals surface area contributed by atoms with Gasteiger partial charge in [0.25, 0.3) is 0 Å². The van der Waals surface area contributed by atoms with Gasteiger partial charge in [-0.1, -0.05) is 0 Å². The van der Waals surface area contributed by atoms with E-state index in [2.05, 4.69) is 50.5 Å². The van der Waals surface area contributed by atoms with E-state index in [1.54, 1.807) is 0 Å². The molecule has 0 unspecified atom stereocenters. The average molecular weight is 343 g/mol. The molecule has 1 aromatic heterocycles. The summed E-state index contributed by atoms with van der Waals surface area (Å²) in [4.78, 5) is 14.3. The van der Waals surface area contributed by atoms with E-state index in [1.165, 1.54) is 21.6 Å². The van der Waals surface area contributed by atoms with Gasteiger partial charge < -0.3 is 9.72 Å². The molecule has 0 aliphatic heterocycles. The van der Waals surface area contributed by atoms with Gasteiger partial charge in [0, 0.05) is 27.1 Å². The summed E-state index contributed by atoms with van der Waals surface area (Å²) in [5, 5.41) is 1.25. The summed E-state index contributed by atoms with van der Waals surface area (Å²) < 4.78 is 5.85. The highest BCUT2D eigenvalue weighted by atomic mass is 127. The summed E-state index contributed by atoms with van der Waals surface area (Å²) in [5.41, 5.74) is 2.42. The van der Waals surface area contributed by atoms with Crippen LogP contribution in [0.2, 0.25) is 0 Å². The quantitative estimate of drug-likeness (QED) is 0.684. The molecule has 2 aromatic rings. The van der Waals surface area contributed by atoms with E-state index in [4.69, 9.17) is 0 Å². The van der Waals surface area contributed by atoms with Gasteiger partial charge in [0.15, 0.2) is 0 Å². The number of aromatic amines is 1. The van der Waals surface area contributed by atoms with E-state index >= 15 is 0 Å². The summed E-state index contributed by atoms with van der Waals surface area (Å²) in [5.74, 6) is -0.139. The number of carbonyl (C=O) groups is 1. The minimum Gasteiger partial charge on any atom is -0.469 e. The number of methoxy groups -OCH3 is 1. The molecule has 0 fully saturated rings. The summed E-state index contributed by atoms with van der Waals surface area (Å²) in [6.07, 6.45) is 4.23. The van der Waals surface area contributed by atoms with Gasteiger partial charge in [0.2, 0.25) is 0 Å². The van der Waals surface area contributed by atoms with Gasteiger partial charge in [-0.05, 0) is 59.2 Å². The smallest absolute Gasteiger partial charge is 0.305 e. The standard InChI is InChI=1S/C13H14INO2/c1-17-13(16)4-2-3-9-8-15-12-6-5-10(14)7-11(9)12/h5-8,15H,2-4H2,1H3. The molecule has 4 heteroatoms. The summed E-state index contributed by atoms with van der Waals surface area (Å²) >= 11 is 2.31. The van der Waals surface area contributed by atoms with Crippen molar-refractivity contribution in [1.29, 1.82) is 0 Å². The second kappa shape index (κ2) is 5.53. The number of aryl methyl sites for hydroxylation is 1. The fourth-order valence-electron chi connectivity index (χ4n) is 1.88. The molecule has 0 radical (unpaired) electrons. The van der Waals surface area contributed by atoms with Crippen LogP contribution in [0.25, 0.3) is 10.9 Å². The zero-order valence-corrected chi connectivity index (χ0v) is 11.8. The highest BCUT2D eigenvalue weighted by molar-refractivity contribution is 14.1. The molecule has 0 saturated carbocycles. The first-order valence-electron chi connectivity index (χ1n) is 5.53. The van der Waals surface area contributed by atoms with Gasteiger partial charge in [-0.2, -0.15) is 0 Å². The molecule has 1 N–H and O–H groups in total. The fraction of sp³-hybridized carbons (Fsp3) is 0.308. The molecule has 17 heavy (non-hydrogen) atoms. The number of esters is 1. The zero-order chi connectivity index (χ0) is 12.3. The highest BCUT2D eigenvalue weighted by Gasteiger charge is 2.06. The van der Waals surface area contributed by atoms with Crippen molar-refractivity contribution in [2.24, 2.45) is 0 Å². The van der Waals surface area contributed by atoms with Crippen molar-refractivity contribution < 1.29 is 9.53 Å². The van der Waals surface area contributed by atoms with Crippen LogP contribution in [0, 0.1) is 3.57 Å². The molecule has 0 bridgehead atoms. The largest absolute Gasteiger partial charge is 0.469 e. The Morgan fingerprint density at radius 3 is 3.06 bits per heavy atom. The fourth-order valence-corrected chi connectivity index (χ4v) is 2.37. The van der Waals surface area contributed by atoms with E-state index in [9.17, 15) is 4.79 Å². The van der Waals surface area contributed by atoms with E-state index in [-0.39, 0.29) is 5.97 Å². The number of aromatic nitrogens is 1. The van der Waals surface area contributed by atoms with Crippen molar-refractivity contribution in [2.75, 3.05) is 7.11 Å². The SMILES string of the molecule is COC(=O)CCCc1c[nH]c2ccc(I)cc12. The van der Waals surface area contributed by atoms with Gasteiger partial charge in [0.1, 0.15) is 0 Å². The van der Waals surface area contributed by atoms with Crippen LogP contribution < -0.4 is 0 Å². The van der Waals surface area contributed by atoms with Gasteiger partial charge in [-0.3, -0.25) is 4.79 Å². The normalized spacial score (nSPS) is 10.7. The molecular formula is C13H14INO2. The number of carbonyl (C=O) groups excluding carboxylic acids is 1. The first kappa shape index (κ1) is 12.4. The van der Waals surface area contributed by atoms with Crippen LogP contribution in [0.15, 0.2) is 24.4 Å². The van der Waals surface area contributed by atoms with Crippen LogP contribution in [-0.4, -0.2) is 18.1 Å². The lowest BCUT2D eigenvalue weighted by Crippen LogP contribution is -2.00. The van der Waals surface area contributed by atoms with Crippen LogP contribution in [0.4, 0.5) is 0 Å². The van der Waals surface area contributed by atoms with Gasteiger partial charge >= 0.3 is 5.97 Å². The Morgan fingerprint density at radius 1 is 1.47 bits per heavy atom. The topological polar surface area (TPSA) is 42.1 Å². The third-order valence-corrected chi connectivity index (χ3v) is 3.46. The van der Waals surface area contributed by atoms with E-state index < -0.39 is 0 Å². The Bertz CT molecular complexity index is 533. The maximum atomic E-state index is 11.0. The lowest BCUT2D eigenvalue weighted by Gasteiger charge is -2.00. The number of rotatable bonds is 4. The van der Waals surface area contributed by atoms with E-state index in [0.29, 0.717) is 6.42 Å². The summed E-state index contributed by atoms with van der Waals surface area (Å²) in [6, 6.07) is 6.33. The second-order valence-corrected chi connectivity index (χ2v) is 5.18. The molecule has 3 nitrogen and oxygen atoms in total. The molecule has 0 saturated heterocycles. The van der Waals surface area contributed by atoms with Gasteiger partial charge in [-0.25, -0.2) is 0 Å². The number of ether oxygens (including phenoxy) is 1. The predicted molar refractivity (Wildman–Crippen MR) is 76.0 cm³/mol. The minimum absolute atomic E-state index is 0.139. The van der Waals surface area contributed by atoms with Crippen LogP contribution >= 0.6 is 22.6 Å². The molecule has 0 spiro atoms. The molecule has 0 aliphatic carbocycles.